The van der Waals surface area contributed by atoms with Gasteiger partial charge < -0.3 is 14.5 Å². The van der Waals surface area contributed by atoms with Crippen molar-refractivity contribution in [3.8, 4) is 17.3 Å². The van der Waals surface area contributed by atoms with Gasteiger partial charge in [-0.05, 0) is 37.4 Å². The van der Waals surface area contributed by atoms with Crippen molar-refractivity contribution in [2.75, 3.05) is 18.7 Å². The number of hydrogen-bond donors (Lipinski definition) is 1. The minimum atomic E-state index is -0.280. The number of thioether (sulfide) groups is 1. The van der Waals surface area contributed by atoms with Crippen molar-refractivity contribution in [2.24, 2.45) is 0 Å². The Kier molecular flexibility index (Phi) is 5.04. The molecule has 0 unspecified atom stereocenters. The fourth-order valence-corrected chi connectivity index (χ4v) is 3.03. The molecule has 1 N–H and O–H groups in total. The van der Waals surface area contributed by atoms with Crippen LogP contribution in [0, 0.1) is 6.92 Å². The van der Waals surface area contributed by atoms with Crippen molar-refractivity contribution in [1.29, 1.82) is 0 Å². The lowest BCUT2D eigenvalue weighted by Crippen LogP contribution is -2.17. The zero-order chi connectivity index (χ0) is 17.8. The summed E-state index contributed by atoms with van der Waals surface area (Å²) in [7, 11) is 1.56. The molecule has 0 aliphatic heterocycles. The van der Waals surface area contributed by atoms with E-state index in [9.17, 15) is 4.79 Å². The van der Waals surface area contributed by atoms with E-state index >= 15 is 0 Å². The highest BCUT2D eigenvalue weighted by atomic mass is 32.2. The van der Waals surface area contributed by atoms with E-state index in [4.69, 9.17) is 9.15 Å². The van der Waals surface area contributed by atoms with Crippen molar-refractivity contribution >= 4 is 23.4 Å². The monoisotopic (exact) mass is 355 g/mol. The molecule has 3 rings (SSSR count). The van der Waals surface area contributed by atoms with Gasteiger partial charge in [-0.25, -0.2) is 9.97 Å². The summed E-state index contributed by atoms with van der Waals surface area (Å²) in [6.07, 6.45) is 3.43. The van der Waals surface area contributed by atoms with Crippen LogP contribution in [0.2, 0.25) is 0 Å². The maximum atomic E-state index is 12.8. The molecule has 0 atom stereocenters. The van der Waals surface area contributed by atoms with Crippen molar-refractivity contribution in [1.82, 2.24) is 9.97 Å². The molecule has 0 spiro atoms. The average molecular weight is 355 g/mol. The minimum Gasteiger partial charge on any atom is -0.495 e. The molecule has 2 heterocycles. The Morgan fingerprint density at radius 1 is 1.20 bits per heavy atom. The van der Waals surface area contributed by atoms with Gasteiger partial charge >= 0.3 is 0 Å². The molecule has 0 aliphatic rings. The fraction of sp³-hybridized carbons (Fsp3) is 0.167. The van der Waals surface area contributed by atoms with Crippen molar-refractivity contribution in [3.05, 3.63) is 53.9 Å². The SMILES string of the molecule is COc1ccccc1NC(=O)c1c(C)nc(-c2ccco2)nc1SC. The Bertz CT molecular complexity index is 895. The topological polar surface area (TPSA) is 77.2 Å². The van der Waals surface area contributed by atoms with Gasteiger partial charge in [0.15, 0.2) is 11.6 Å². The number of methoxy groups -OCH3 is 1. The number of aryl methyl sites for hydroxylation is 1. The fourth-order valence-electron chi connectivity index (χ4n) is 2.40. The van der Waals surface area contributed by atoms with Crippen LogP contribution >= 0.6 is 11.8 Å². The smallest absolute Gasteiger partial charge is 0.260 e. The number of hydrogen-bond acceptors (Lipinski definition) is 6. The summed E-state index contributed by atoms with van der Waals surface area (Å²) in [5.74, 6) is 1.33. The van der Waals surface area contributed by atoms with E-state index in [-0.39, 0.29) is 5.91 Å². The number of para-hydroxylation sites is 2. The van der Waals surface area contributed by atoms with Crippen molar-refractivity contribution in [2.45, 2.75) is 11.9 Å². The van der Waals surface area contributed by atoms with Gasteiger partial charge in [0.1, 0.15) is 10.8 Å². The maximum Gasteiger partial charge on any atom is 0.260 e. The molecule has 3 aromatic rings. The largest absolute Gasteiger partial charge is 0.495 e. The lowest BCUT2D eigenvalue weighted by Gasteiger charge is -2.13. The first-order valence-corrected chi connectivity index (χ1v) is 8.77. The molecule has 0 bridgehead atoms. The van der Waals surface area contributed by atoms with E-state index in [0.717, 1.165) is 0 Å². The summed E-state index contributed by atoms with van der Waals surface area (Å²) < 4.78 is 10.6. The Hall–Kier alpha value is -2.80. The first-order valence-electron chi connectivity index (χ1n) is 7.55. The maximum absolute atomic E-state index is 12.8. The standard InChI is InChI=1S/C18H17N3O3S/c1-11-15(17(22)20-12-7-4-5-8-13(12)23-2)18(25-3)21-16(19-11)14-9-6-10-24-14/h4-10H,1-3H3,(H,20,22). The number of rotatable bonds is 5. The van der Waals surface area contributed by atoms with Gasteiger partial charge in [0.05, 0.1) is 30.3 Å². The van der Waals surface area contributed by atoms with E-state index in [0.29, 0.717) is 39.3 Å². The number of carbonyl (C=O) groups excluding carboxylic acids is 1. The molecular weight excluding hydrogens is 338 g/mol. The summed E-state index contributed by atoms with van der Waals surface area (Å²) >= 11 is 1.39. The van der Waals surface area contributed by atoms with Crippen LogP contribution < -0.4 is 10.1 Å². The first-order chi connectivity index (χ1) is 12.1. The number of nitrogens with one attached hydrogen (secondary N) is 1. The van der Waals surface area contributed by atoms with Gasteiger partial charge in [-0.2, -0.15) is 0 Å². The van der Waals surface area contributed by atoms with Crippen LogP contribution in [0.25, 0.3) is 11.6 Å². The van der Waals surface area contributed by atoms with Gasteiger partial charge in [-0.15, -0.1) is 11.8 Å². The van der Waals surface area contributed by atoms with Crippen molar-refractivity contribution < 1.29 is 13.9 Å². The number of benzene rings is 1. The zero-order valence-electron chi connectivity index (χ0n) is 14.1. The van der Waals surface area contributed by atoms with Gasteiger partial charge in [-0.1, -0.05) is 12.1 Å². The Morgan fingerprint density at radius 3 is 2.68 bits per heavy atom. The van der Waals surface area contributed by atoms with Crippen LogP contribution in [-0.2, 0) is 0 Å². The molecule has 0 saturated heterocycles. The molecule has 6 nitrogen and oxygen atoms in total. The molecule has 0 aliphatic carbocycles. The molecule has 25 heavy (non-hydrogen) atoms. The van der Waals surface area contributed by atoms with Gasteiger partial charge in [0.2, 0.25) is 0 Å². The number of anilines is 1. The summed E-state index contributed by atoms with van der Waals surface area (Å²) in [4.78, 5) is 21.7. The summed E-state index contributed by atoms with van der Waals surface area (Å²) in [5.41, 5.74) is 1.61. The third kappa shape index (κ3) is 3.51. The van der Waals surface area contributed by atoms with Gasteiger partial charge in [-0.3, -0.25) is 4.79 Å². The summed E-state index contributed by atoms with van der Waals surface area (Å²) in [6, 6.07) is 10.8. The van der Waals surface area contributed by atoms with Crippen LogP contribution in [0.15, 0.2) is 52.1 Å². The second kappa shape index (κ2) is 7.40. The predicted molar refractivity (Wildman–Crippen MR) is 97.2 cm³/mol. The predicted octanol–water partition coefficient (Wildman–Crippen LogP) is 4.03. The lowest BCUT2D eigenvalue weighted by atomic mass is 10.2. The number of amides is 1. The van der Waals surface area contributed by atoms with Crippen LogP contribution in [0.3, 0.4) is 0 Å². The highest BCUT2D eigenvalue weighted by Crippen LogP contribution is 2.28. The van der Waals surface area contributed by atoms with E-state index in [1.54, 1.807) is 44.6 Å². The molecule has 2 aromatic heterocycles. The van der Waals surface area contributed by atoms with E-state index in [2.05, 4.69) is 15.3 Å². The van der Waals surface area contributed by atoms with E-state index < -0.39 is 0 Å². The quantitative estimate of drug-likeness (QED) is 0.550. The third-order valence-electron chi connectivity index (χ3n) is 3.57. The van der Waals surface area contributed by atoms with Crippen LogP contribution in [0.4, 0.5) is 5.69 Å². The summed E-state index contributed by atoms with van der Waals surface area (Å²) in [5, 5.41) is 3.46. The number of furan rings is 1. The number of nitrogens with zero attached hydrogens (tertiary/aromatic N) is 2. The molecule has 0 saturated carbocycles. The third-order valence-corrected chi connectivity index (χ3v) is 4.26. The first kappa shape index (κ1) is 17.0. The Morgan fingerprint density at radius 2 is 2.00 bits per heavy atom. The zero-order valence-corrected chi connectivity index (χ0v) is 14.9. The molecular formula is C18H17N3O3S. The van der Waals surface area contributed by atoms with Gasteiger partial charge in [0, 0.05) is 0 Å². The number of ether oxygens (including phenoxy) is 1. The van der Waals surface area contributed by atoms with Crippen molar-refractivity contribution in [3.63, 3.8) is 0 Å². The van der Waals surface area contributed by atoms with Crippen LogP contribution in [0.1, 0.15) is 16.1 Å². The molecule has 0 fully saturated rings. The second-order valence-electron chi connectivity index (χ2n) is 5.15. The van der Waals surface area contributed by atoms with Crippen LogP contribution in [0.5, 0.6) is 5.75 Å². The highest BCUT2D eigenvalue weighted by Gasteiger charge is 2.20. The average Bonchev–Trinajstić information content (AvgIpc) is 3.16. The molecule has 1 aromatic carbocycles. The Labute approximate surface area is 149 Å². The molecule has 0 radical (unpaired) electrons. The summed E-state index contributed by atoms with van der Waals surface area (Å²) in [6.45, 7) is 1.78. The molecule has 7 heteroatoms. The number of carbonyl (C=O) groups is 1. The van der Waals surface area contributed by atoms with Crippen LogP contribution in [-0.4, -0.2) is 29.2 Å². The van der Waals surface area contributed by atoms with E-state index in [1.165, 1.54) is 11.8 Å². The van der Waals surface area contributed by atoms with Gasteiger partial charge in [0.25, 0.3) is 5.91 Å². The molecule has 128 valence electrons. The van der Waals surface area contributed by atoms with E-state index in [1.807, 2.05) is 18.4 Å². The second-order valence-corrected chi connectivity index (χ2v) is 5.94. The normalized spacial score (nSPS) is 10.5. The Balaban J connectivity index is 1.97. The lowest BCUT2D eigenvalue weighted by molar-refractivity contribution is 0.102. The molecule has 1 amide bonds. The minimum absolute atomic E-state index is 0.280. The number of aromatic nitrogens is 2. The highest BCUT2D eigenvalue weighted by molar-refractivity contribution is 7.98.